The van der Waals surface area contributed by atoms with Crippen LogP contribution >= 0.6 is 47.8 Å². The van der Waals surface area contributed by atoms with Gasteiger partial charge in [0.15, 0.2) is 0 Å². The number of halogens is 3. The number of carbonyl (C=O) groups is 2. The molecule has 0 fully saturated rings. The monoisotopic (exact) mass is 419 g/mol. The molecule has 0 bridgehead atoms. The van der Waals surface area contributed by atoms with E-state index in [-0.39, 0.29) is 12.5 Å². The number of ether oxygens (including phenoxy) is 1. The molecule has 4 nitrogen and oxygen atoms in total. The van der Waals surface area contributed by atoms with Crippen molar-refractivity contribution in [3.63, 3.8) is 0 Å². The van der Waals surface area contributed by atoms with Crippen LogP contribution in [0.1, 0.15) is 13.8 Å². The molecule has 16 heavy (non-hydrogen) atoms. The molecule has 0 spiro atoms. The molecule has 0 aromatic rings. The van der Waals surface area contributed by atoms with Crippen molar-refractivity contribution in [3.05, 3.63) is 12.2 Å². The van der Waals surface area contributed by atoms with E-state index in [1.807, 2.05) is 0 Å². The molecule has 0 aliphatic rings. The van der Waals surface area contributed by atoms with Crippen LogP contribution in [0, 0.1) is 0 Å². The van der Waals surface area contributed by atoms with Gasteiger partial charge in [0.05, 0.1) is 6.54 Å². The van der Waals surface area contributed by atoms with Crippen molar-refractivity contribution >= 4 is 59.7 Å². The largest absolute Gasteiger partial charge is 0.458 e. The number of esters is 1. The Hall–Kier alpha value is 0.120. The maximum absolute atomic E-state index is 11.4. The lowest BCUT2D eigenvalue weighted by Gasteiger charge is -2.17. The lowest BCUT2D eigenvalue weighted by molar-refractivity contribution is -0.146. The van der Waals surface area contributed by atoms with Crippen LogP contribution in [0.5, 0.6) is 0 Å². The Morgan fingerprint density at radius 2 is 1.94 bits per heavy atom. The van der Waals surface area contributed by atoms with Gasteiger partial charge >= 0.3 is 5.97 Å². The molecule has 7 heteroatoms. The van der Waals surface area contributed by atoms with Gasteiger partial charge in [0.1, 0.15) is 6.10 Å². The molecule has 1 amide bonds. The van der Waals surface area contributed by atoms with Crippen molar-refractivity contribution in [3.8, 4) is 0 Å². The third-order valence-corrected chi connectivity index (χ3v) is 2.45. The summed E-state index contributed by atoms with van der Waals surface area (Å²) in [6.07, 6.45) is -0.428. The highest BCUT2D eigenvalue weighted by Gasteiger charge is 2.31. The standard InChI is InChI=1S/C9H12Br3NO3/c1-5(2)7(14)13-4-6(3)16-8(15)9(10,11)12/h6H,1,4H2,2-3H3,(H,13,14). The maximum Gasteiger partial charge on any atom is 0.345 e. The lowest BCUT2D eigenvalue weighted by atomic mass is 10.3. The molecule has 0 radical (unpaired) electrons. The molecule has 0 aliphatic carbocycles. The molecule has 0 saturated heterocycles. The summed E-state index contributed by atoms with van der Waals surface area (Å²) >= 11 is 9.10. The highest BCUT2D eigenvalue weighted by molar-refractivity contribution is 9.40. The van der Waals surface area contributed by atoms with E-state index < -0.39 is 14.2 Å². The van der Waals surface area contributed by atoms with Crippen LogP contribution in [0.15, 0.2) is 12.2 Å². The van der Waals surface area contributed by atoms with Crippen LogP contribution < -0.4 is 5.32 Å². The number of hydrogen-bond donors (Lipinski definition) is 1. The van der Waals surface area contributed by atoms with Gasteiger partial charge in [-0.2, -0.15) is 0 Å². The Kier molecular flexibility index (Phi) is 6.81. The Balaban J connectivity index is 4.01. The summed E-state index contributed by atoms with van der Waals surface area (Å²) in [6, 6.07) is 0. The molecular weight excluding hydrogens is 410 g/mol. The molecule has 0 heterocycles. The van der Waals surface area contributed by atoms with Gasteiger partial charge in [-0.1, -0.05) is 6.58 Å². The normalized spacial score (nSPS) is 12.8. The van der Waals surface area contributed by atoms with E-state index >= 15 is 0 Å². The van der Waals surface area contributed by atoms with E-state index in [2.05, 4.69) is 59.7 Å². The van der Waals surface area contributed by atoms with E-state index in [1.54, 1.807) is 13.8 Å². The Labute approximate surface area is 120 Å². The Morgan fingerprint density at radius 3 is 2.31 bits per heavy atom. The first-order chi connectivity index (χ1) is 7.14. The smallest absolute Gasteiger partial charge is 0.345 e. The fourth-order valence-corrected chi connectivity index (χ4v) is 0.959. The summed E-state index contributed by atoms with van der Waals surface area (Å²) in [6.45, 7) is 7.01. The average Bonchev–Trinajstić information content (AvgIpc) is 2.12. The number of nitrogens with one attached hydrogen (secondary N) is 1. The fraction of sp³-hybridized carbons (Fsp3) is 0.556. The van der Waals surface area contributed by atoms with Gasteiger partial charge < -0.3 is 10.1 Å². The maximum atomic E-state index is 11.4. The number of hydrogen-bond acceptors (Lipinski definition) is 3. The minimum absolute atomic E-state index is 0.237. The summed E-state index contributed by atoms with van der Waals surface area (Å²) in [5.41, 5.74) is 0.411. The SMILES string of the molecule is C=C(C)C(=O)NCC(C)OC(=O)C(Br)(Br)Br. The van der Waals surface area contributed by atoms with Gasteiger partial charge in [0.2, 0.25) is 8.05 Å². The third-order valence-electron chi connectivity index (χ3n) is 1.48. The summed E-state index contributed by atoms with van der Waals surface area (Å²) in [5.74, 6) is -0.782. The van der Waals surface area contributed by atoms with Crippen LogP contribution in [-0.2, 0) is 14.3 Å². The van der Waals surface area contributed by atoms with Crippen molar-refractivity contribution in [2.75, 3.05) is 6.54 Å². The summed E-state index contributed by atoms with van der Waals surface area (Å²) in [7, 11) is 0. The predicted molar refractivity (Wildman–Crippen MR) is 72.9 cm³/mol. The van der Waals surface area contributed by atoms with Crippen LogP contribution in [-0.4, -0.2) is 26.7 Å². The molecular formula is C9H12Br3NO3. The predicted octanol–water partition coefficient (Wildman–Crippen LogP) is 2.45. The topological polar surface area (TPSA) is 55.4 Å². The first-order valence-electron chi connectivity index (χ1n) is 4.36. The van der Waals surface area contributed by atoms with Gasteiger partial charge in [-0.15, -0.1) is 0 Å². The minimum atomic E-state index is -1.08. The van der Waals surface area contributed by atoms with Crippen LogP contribution in [0.4, 0.5) is 0 Å². The Bertz CT molecular complexity index is 299. The average molecular weight is 422 g/mol. The van der Waals surface area contributed by atoms with Crippen LogP contribution in [0.25, 0.3) is 0 Å². The van der Waals surface area contributed by atoms with Crippen LogP contribution in [0.2, 0.25) is 0 Å². The van der Waals surface area contributed by atoms with Crippen molar-refractivity contribution in [1.29, 1.82) is 0 Å². The van der Waals surface area contributed by atoms with Crippen molar-refractivity contribution in [2.24, 2.45) is 0 Å². The zero-order valence-electron chi connectivity index (χ0n) is 8.85. The van der Waals surface area contributed by atoms with Gasteiger partial charge in [0, 0.05) is 5.57 Å². The number of amides is 1. The summed E-state index contributed by atoms with van der Waals surface area (Å²) in [4.78, 5) is 22.5. The van der Waals surface area contributed by atoms with Crippen LogP contribution in [0.3, 0.4) is 0 Å². The van der Waals surface area contributed by atoms with Gasteiger partial charge in [0.25, 0.3) is 0 Å². The zero-order valence-corrected chi connectivity index (χ0v) is 13.6. The van der Waals surface area contributed by atoms with Gasteiger partial charge in [-0.05, 0) is 61.6 Å². The van der Waals surface area contributed by atoms with E-state index in [4.69, 9.17) is 4.74 Å². The van der Waals surface area contributed by atoms with Gasteiger partial charge in [-0.25, -0.2) is 4.79 Å². The second-order valence-electron chi connectivity index (χ2n) is 3.20. The lowest BCUT2D eigenvalue weighted by Crippen LogP contribution is -2.35. The summed E-state index contributed by atoms with van der Waals surface area (Å²) in [5, 5.41) is 2.58. The summed E-state index contributed by atoms with van der Waals surface area (Å²) < 4.78 is 3.94. The van der Waals surface area contributed by atoms with E-state index in [1.165, 1.54) is 0 Å². The molecule has 0 aromatic carbocycles. The van der Waals surface area contributed by atoms with Crippen molar-refractivity contribution in [1.82, 2.24) is 5.32 Å². The second-order valence-corrected chi connectivity index (χ2v) is 9.96. The highest BCUT2D eigenvalue weighted by Crippen LogP contribution is 2.34. The first kappa shape index (κ1) is 16.1. The van der Waals surface area contributed by atoms with E-state index in [9.17, 15) is 9.59 Å². The van der Waals surface area contributed by atoms with E-state index in [0.29, 0.717) is 5.57 Å². The first-order valence-corrected chi connectivity index (χ1v) is 6.74. The highest BCUT2D eigenvalue weighted by atomic mass is 80.0. The van der Waals surface area contributed by atoms with Crippen molar-refractivity contribution < 1.29 is 14.3 Å². The zero-order chi connectivity index (χ0) is 12.9. The molecule has 1 atom stereocenters. The number of alkyl halides is 3. The fourth-order valence-electron chi connectivity index (χ4n) is 0.679. The third kappa shape index (κ3) is 6.65. The van der Waals surface area contributed by atoms with E-state index in [0.717, 1.165) is 0 Å². The van der Waals surface area contributed by atoms with Crippen molar-refractivity contribution in [2.45, 2.75) is 22.1 Å². The minimum Gasteiger partial charge on any atom is -0.458 e. The molecule has 92 valence electrons. The molecule has 1 unspecified atom stereocenters. The molecule has 1 N–H and O–H groups in total. The van der Waals surface area contributed by atoms with Gasteiger partial charge in [-0.3, -0.25) is 4.79 Å². The second kappa shape index (κ2) is 6.76. The number of rotatable bonds is 4. The molecule has 0 aliphatic heterocycles. The quantitative estimate of drug-likeness (QED) is 0.431. The molecule has 0 rings (SSSR count). The molecule has 0 aromatic heterocycles. The Morgan fingerprint density at radius 1 is 1.44 bits per heavy atom. The molecule has 0 saturated carbocycles. The number of carbonyl (C=O) groups excluding carboxylic acids is 2.